The van der Waals surface area contributed by atoms with Crippen LogP contribution in [0.2, 0.25) is 0 Å². The van der Waals surface area contributed by atoms with Crippen LogP contribution >= 0.6 is 0 Å². The van der Waals surface area contributed by atoms with Gasteiger partial charge in [-0.3, -0.25) is 4.79 Å². The number of carbonyl (C=O) groups excluding carboxylic acids is 2. The number of aliphatic hydroxyl groups excluding tert-OH is 1. The third kappa shape index (κ3) is 1.80. The first-order valence-corrected chi connectivity index (χ1v) is 7.29. The van der Waals surface area contributed by atoms with Crippen molar-refractivity contribution in [3.8, 4) is 17.6 Å². The topological polar surface area (TPSA) is 103 Å². The molecule has 0 aliphatic carbocycles. The van der Waals surface area contributed by atoms with E-state index >= 15 is 0 Å². The fourth-order valence-corrected chi connectivity index (χ4v) is 3.25. The van der Waals surface area contributed by atoms with Gasteiger partial charge in [0.25, 0.3) is 5.91 Å². The van der Waals surface area contributed by atoms with Crippen LogP contribution < -0.4 is 14.4 Å². The van der Waals surface area contributed by atoms with Crippen LogP contribution in [0.3, 0.4) is 0 Å². The van der Waals surface area contributed by atoms with Gasteiger partial charge in [-0.25, -0.2) is 9.69 Å². The molecule has 8 heteroatoms. The predicted octanol–water partition coefficient (Wildman–Crippen LogP) is 0.231. The summed E-state index contributed by atoms with van der Waals surface area (Å²) in [7, 11) is 0. The number of nitrogens with zero attached hydrogens (tertiary/aromatic N) is 3. The van der Waals surface area contributed by atoms with Gasteiger partial charge in [0, 0.05) is 6.54 Å². The van der Waals surface area contributed by atoms with Gasteiger partial charge in [-0.1, -0.05) is 0 Å². The Kier molecular flexibility index (Phi) is 2.92. The van der Waals surface area contributed by atoms with Crippen molar-refractivity contribution in [1.29, 1.82) is 5.26 Å². The lowest BCUT2D eigenvalue weighted by molar-refractivity contribution is -0.121. The van der Waals surface area contributed by atoms with Gasteiger partial charge in [-0.2, -0.15) is 5.26 Å². The molecule has 1 aromatic carbocycles. The number of anilines is 1. The van der Waals surface area contributed by atoms with Crippen LogP contribution in [0.15, 0.2) is 12.1 Å². The van der Waals surface area contributed by atoms with Crippen molar-refractivity contribution >= 4 is 17.6 Å². The molecular formula is C15H13N3O5. The number of rotatable bonds is 1. The minimum Gasteiger partial charge on any atom is -0.485 e. The Balaban J connectivity index is 1.81. The molecule has 3 heterocycles. The molecule has 8 nitrogen and oxygen atoms in total. The van der Waals surface area contributed by atoms with E-state index in [1.165, 1.54) is 17.0 Å². The smallest absolute Gasteiger partial charge is 0.332 e. The van der Waals surface area contributed by atoms with Crippen LogP contribution in [-0.4, -0.2) is 53.8 Å². The monoisotopic (exact) mass is 315 g/mol. The molecule has 0 radical (unpaired) electrons. The average molecular weight is 315 g/mol. The fraction of sp³-hybridized carbons (Fsp3) is 0.400. The lowest BCUT2D eigenvalue weighted by Crippen LogP contribution is -2.36. The number of urea groups is 1. The highest BCUT2D eigenvalue weighted by atomic mass is 16.6. The zero-order valence-electron chi connectivity index (χ0n) is 12.1. The van der Waals surface area contributed by atoms with E-state index in [4.69, 9.17) is 14.7 Å². The molecule has 0 spiro atoms. The summed E-state index contributed by atoms with van der Waals surface area (Å²) in [5, 5.41) is 19.1. The molecule has 1 N–H and O–H groups in total. The molecule has 0 bridgehead atoms. The first kappa shape index (κ1) is 13.8. The Morgan fingerprint density at radius 3 is 2.65 bits per heavy atom. The molecule has 0 aromatic heterocycles. The van der Waals surface area contributed by atoms with Gasteiger partial charge in [0.2, 0.25) is 0 Å². The summed E-state index contributed by atoms with van der Waals surface area (Å²) in [4.78, 5) is 27.5. The highest BCUT2D eigenvalue weighted by Gasteiger charge is 2.53. The SMILES string of the molecule is N#Cc1ccc(N2C(=O)[C@@H]3[C@H](O)CCN3C2=O)c2c1OCCO2. The Morgan fingerprint density at radius 2 is 1.96 bits per heavy atom. The van der Waals surface area contributed by atoms with Crippen LogP contribution in [0, 0.1) is 11.3 Å². The standard InChI is InChI=1S/C15H13N3O5/c16-7-8-1-2-9(13-12(8)22-5-6-23-13)18-14(20)11-10(19)3-4-17(11)15(18)21/h1-2,10-11,19H,3-6H2/t10-,11+/m1/s1. The number of hydrogen-bond acceptors (Lipinski definition) is 6. The van der Waals surface area contributed by atoms with Crippen molar-refractivity contribution < 1.29 is 24.2 Å². The highest BCUT2D eigenvalue weighted by molar-refractivity contribution is 6.22. The largest absolute Gasteiger partial charge is 0.485 e. The second-order valence-corrected chi connectivity index (χ2v) is 5.55. The lowest BCUT2D eigenvalue weighted by atomic mass is 10.1. The summed E-state index contributed by atoms with van der Waals surface area (Å²) in [6.07, 6.45) is -0.469. The van der Waals surface area contributed by atoms with Gasteiger partial charge < -0.3 is 19.5 Å². The Hall–Kier alpha value is -2.79. The minimum atomic E-state index is -0.858. The van der Waals surface area contributed by atoms with E-state index in [1.54, 1.807) is 0 Å². The molecule has 1 aromatic rings. The number of hydrogen-bond donors (Lipinski definition) is 1. The van der Waals surface area contributed by atoms with E-state index in [2.05, 4.69) is 0 Å². The third-order valence-corrected chi connectivity index (χ3v) is 4.31. The zero-order valence-corrected chi connectivity index (χ0v) is 12.1. The molecule has 4 rings (SSSR count). The maximum absolute atomic E-state index is 12.6. The quantitative estimate of drug-likeness (QED) is 0.744. The van der Waals surface area contributed by atoms with Crippen molar-refractivity contribution in [1.82, 2.24) is 4.90 Å². The molecule has 0 saturated carbocycles. The van der Waals surface area contributed by atoms with Crippen molar-refractivity contribution in [2.45, 2.75) is 18.6 Å². The van der Waals surface area contributed by atoms with Gasteiger partial charge >= 0.3 is 6.03 Å². The number of imide groups is 1. The number of fused-ring (bicyclic) bond motifs is 2. The Morgan fingerprint density at radius 1 is 1.22 bits per heavy atom. The van der Waals surface area contributed by atoms with E-state index in [0.29, 0.717) is 19.6 Å². The molecular weight excluding hydrogens is 302 g/mol. The second kappa shape index (κ2) is 4.86. The van der Waals surface area contributed by atoms with Crippen LogP contribution in [0.25, 0.3) is 0 Å². The molecule has 3 aliphatic rings. The van der Waals surface area contributed by atoms with Crippen LogP contribution in [0.1, 0.15) is 12.0 Å². The molecule has 2 saturated heterocycles. The van der Waals surface area contributed by atoms with E-state index < -0.39 is 24.1 Å². The predicted molar refractivity (Wildman–Crippen MR) is 76.1 cm³/mol. The maximum atomic E-state index is 12.6. The van der Waals surface area contributed by atoms with Gasteiger partial charge in [0.05, 0.1) is 17.4 Å². The molecule has 0 unspecified atom stereocenters. The minimum absolute atomic E-state index is 0.215. The Labute approximate surface area is 131 Å². The van der Waals surface area contributed by atoms with E-state index in [9.17, 15) is 14.7 Å². The third-order valence-electron chi connectivity index (χ3n) is 4.31. The van der Waals surface area contributed by atoms with E-state index in [1.807, 2.05) is 6.07 Å². The first-order valence-electron chi connectivity index (χ1n) is 7.29. The van der Waals surface area contributed by atoms with Gasteiger partial charge in [-0.15, -0.1) is 0 Å². The van der Waals surface area contributed by atoms with E-state index in [0.717, 1.165) is 4.90 Å². The molecule has 2 fully saturated rings. The van der Waals surface area contributed by atoms with Crippen molar-refractivity contribution in [3.63, 3.8) is 0 Å². The normalized spacial score (nSPS) is 25.6. The summed E-state index contributed by atoms with van der Waals surface area (Å²) >= 11 is 0. The van der Waals surface area contributed by atoms with Crippen LogP contribution in [0.4, 0.5) is 10.5 Å². The summed E-state index contributed by atoms with van der Waals surface area (Å²) < 4.78 is 11.0. The summed E-state index contributed by atoms with van der Waals surface area (Å²) in [6.45, 7) is 0.893. The van der Waals surface area contributed by atoms with Gasteiger partial charge in [-0.05, 0) is 18.6 Å². The molecule has 3 amide bonds. The summed E-state index contributed by atoms with van der Waals surface area (Å²) in [5.41, 5.74) is 0.526. The first-order chi connectivity index (χ1) is 11.1. The van der Waals surface area contributed by atoms with Gasteiger partial charge in [0.15, 0.2) is 11.5 Å². The maximum Gasteiger partial charge on any atom is 0.332 e. The van der Waals surface area contributed by atoms with Crippen molar-refractivity contribution in [3.05, 3.63) is 17.7 Å². The van der Waals surface area contributed by atoms with E-state index in [-0.39, 0.29) is 29.4 Å². The highest BCUT2D eigenvalue weighted by Crippen LogP contribution is 2.44. The average Bonchev–Trinajstić information content (AvgIpc) is 3.07. The number of carbonyl (C=O) groups is 2. The number of nitriles is 1. The number of ether oxygens (including phenoxy) is 2. The van der Waals surface area contributed by atoms with Gasteiger partial charge in [0.1, 0.15) is 25.3 Å². The molecule has 3 aliphatic heterocycles. The zero-order chi connectivity index (χ0) is 16.1. The number of aliphatic hydroxyl groups is 1. The number of benzene rings is 1. The van der Waals surface area contributed by atoms with Crippen molar-refractivity contribution in [2.75, 3.05) is 24.7 Å². The lowest BCUT2D eigenvalue weighted by Gasteiger charge is -2.25. The summed E-state index contributed by atoms with van der Waals surface area (Å²) in [5.74, 6) is -0.0294. The van der Waals surface area contributed by atoms with Crippen LogP contribution in [0.5, 0.6) is 11.5 Å². The number of amides is 3. The van der Waals surface area contributed by atoms with Crippen LogP contribution in [-0.2, 0) is 4.79 Å². The molecule has 118 valence electrons. The van der Waals surface area contributed by atoms with Crippen molar-refractivity contribution in [2.24, 2.45) is 0 Å². The Bertz CT molecular complexity index is 756. The molecule has 23 heavy (non-hydrogen) atoms. The fourth-order valence-electron chi connectivity index (χ4n) is 3.25. The summed E-state index contributed by atoms with van der Waals surface area (Å²) in [6, 6.07) is 3.65. The molecule has 2 atom stereocenters. The second-order valence-electron chi connectivity index (χ2n) is 5.55.